The van der Waals surface area contributed by atoms with Crippen molar-refractivity contribution in [2.45, 2.75) is 6.10 Å². The molecule has 2 aromatic rings. The minimum atomic E-state index is -0.741. The summed E-state index contributed by atoms with van der Waals surface area (Å²) in [5.74, 6) is 0.606. The first kappa shape index (κ1) is 10.3. The molecule has 0 aliphatic carbocycles. The Balaban J connectivity index is 2.36. The van der Waals surface area contributed by atoms with E-state index in [2.05, 4.69) is 25.9 Å². The molecular weight excluding hydrogens is 258 g/mol. The van der Waals surface area contributed by atoms with Gasteiger partial charge in [0, 0.05) is 41.9 Å². The zero-order valence-electron chi connectivity index (χ0n) is 8.13. The molecule has 1 unspecified atom stereocenters. The summed E-state index contributed by atoms with van der Waals surface area (Å²) < 4.78 is 2.62. The zero-order valence-corrected chi connectivity index (χ0v) is 9.72. The lowest BCUT2D eigenvalue weighted by Gasteiger charge is -2.10. The fourth-order valence-electron chi connectivity index (χ4n) is 1.37. The Bertz CT molecular complexity index is 469. The molecule has 0 aromatic carbocycles. The molecule has 1 atom stereocenters. The molecule has 2 rings (SSSR count). The van der Waals surface area contributed by atoms with Gasteiger partial charge in [-0.15, -0.1) is 0 Å². The summed E-state index contributed by atoms with van der Waals surface area (Å²) in [6.07, 6.45) is 6.02. The fourth-order valence-corrected chi connectivity index (χ4v) is 1.75. The normalized spacial score (nSPS) is 12.7. The van der Waals surface area contributed by atoms with Gasteiger partial charge >= 0.3 is 0 Å². The third-order valence-corrected chi connectivity index (χ3v) is 2.58. The Morgan fingerprint density at radius 1 is 1.47 bits per heavy atom. The number of aryl methyl sites for hydroxylation is 1. The monoisotopic (exact) mass is 267 g/mol. The summed E-state index contributed by atoms with van der Waals surface area (Å²) >= 11 is 3.31. The molecule has 0 amide bonds. The highest BCUT2D eigenvalue weighted by molar-refractivity contribution is 9.10. The Hall–Kier alpha value is -1.20. The first-order chi connectivity index (χ1) is 7.18. The van der Waals surface area contributed by atoms with Crippen LogP contribution < -0.4 is 0 Å². The topological polar surface area (TPSA) is 50.9 Å². The van der Waals surface area contributed by atoms with Crippen molar-refractivity contribution in [2.75, 3.05) is 0 Å². The number of aliphatic hydroxyl groups excluding tert-OH is 1. The first-order valence-electron chi connectivity index (χ1n) is 4.44. The second kappa shape index (κ2) is 4.12. The van der Waals surface area contributed by atoms with Crippen LogP contribution in [0, 0.1) is 0 Å². The lowest BCUT2D eigenvalue weighted by atomic mass is 10.1. The van der Waals surface area contributed by atoms with Crippen molar-refractivity contribution in [3.63, 3.8) is 0 Å². The molecule has 15 heavy (non-hydrogen) atoms. The van der Waals surface area contributed by atoms with Crippen LogP contribution in [0.1, 0.15) is 17.5 Å². The second-order valence-electron chi connectivity index (χ2n) is 3.24. The van der Waals surface area contributed by atoms with Crippen molar-refractivity contribution < 1.29 is 5.11 Å². The summed E-state index contributed by atoms with van der Waals surface area (Å²) in [6, 6.07) is 1.83. The molecule has 2 aromatic heterocycles. The number of aromatic nitrogens is 3. The molecule has 0 saturated carbocycles. The number of imidazole rings is 1. The maximum absolute atomic E-state index is 10.0. The number of aliphatic hydroxyl groups is 1. The van der Waals surface area contributed by atoms with E-state index in [0.29, 0.717) is 5.82 Å². The third kappa shape index (κ3) is 2.08. The van der Waals surface area contributed by atoms with E-state index >= 15 is 0 Å². The number of pyridine rings is 1. The molecule has 2 heterocycles. The Kier molecular flexibility index (Phi) is 2.83. The van der Waals surface area contributed by atoms with Gasteiger partial charge in [0.2, 0.25) is 0 Å². The van der Waals surface area contributed by atoms with Crippen molar-refractivity contribution in [3.05, 3.63) is 46.7 Å². The predicted octanol–water partition coefficient (Wildman–Crippen LogP) is 1.66. The van der Waals surface area contributed by atoms with Gasteiger partial charge in [0.1, 0.15) is 11.9 Å². The Morgan fingerprint density at radius 3 is 2.87 bits per heavy atom. The average Bonchev–Trinajstić information content (AvgIpc) is 2.63. The minimum absolute atomic E-state index is 0.606. The van der Waals surface area contributed by atoms with Crippen LogP contribution in [0.4, 0.5) is 0 Å². The SMILES string of the molecule is Cn1ccnc1C(O)c1cncc(Br)c1. The molecule has 0 aliphatic rings. The van der Waals surface area contributed by atoms with Crippen LogP contribution in [-0.2, 0) is 7.05 Å². The number of hydrogen-bond acceptors (Lipinski definition) is 3. The number of rotatable bonds is 2. The van der Waals surface area contributed by atoms with Crippen LogP contribution in [0.5, 0.6) is 0 Å². The second-order valence-corrected chi connectivity index (χ2v) is 4.15. The van der Waals surface area contributed by atoms with Crippen LogP contribution in [0.15, 0.2) is 35.3 Å². The van der Waals surface area contributed by atoms with Crippen molar-refractivity contribution in [2.24, 2.45) is 7.05 Å². The summed E-state index contributed by atoms with van der Waals surface area (Å²) in [5.41, 5.74) is 0.721. The lowest BCUT2D eigenvalue weighted by molar-refractivity contribution is 0.206. The minimum Gasteiger partial charge on any atom is -0.380 e. The molecule has 0 fully saturated rings. The molecule has 1 N–H and O–H groups in total. The van der Waals surface area contributed by atoms with E-state index in [1.165, 1.54) is 0 Å². The van der Waals surface area contributed by atoms with Crippen LogP contribution in [0.3, 0.4) is 0 Å². The summed E-state index contributed by atoms with van der Waals surface area (Å²) in [5, 5.41) is 10.0. The first-order valence-corrected chi connectivity index (χ1v) is 5.23. The van der Waals surface area contributed by atoms with Gasteiger partial charge in [-0.2, -0.15) is 0 Å². The largest absolute Gasteiger partial charge is 0.380 e. The molecule has 0 spiro atoms. The molecule has 5 heteroatoms. The van der Waals surface area contributed by atoms with E-state index < -0.39 is 6.10 Å². The third-order valence-electron chi connectivity index (χ3n) is 2.14. The fraction of sp³-hybridized carbons (Fsp3) is 0.200. The van der Waals surface area contributed by atoms with Crippen molar-refractivity contribution in [1.82, 2.24) is 14.5 Å². The van der Waals surface area contributed by atoms with E-state index in [-0.39, 0.29) is 0 Å². The zero-order chi connectivity index (χ0) is 10.8. The number of nitrogens with zero attached hydrogens (tertiary/aromatic N) is 3. The highest BCUT2D eigenvalue weighted by Gasteiger charge is 2.15. The highest BCUT2D eigenvalue weighted by Crippen LogP contribution is 2.21. The number of halogens is 1. The van der Waals surface area contributed by atoms with Gasteiger partial charge in [0.25, 0.3) is 0 Å². The van der Waals surface area contributed by atoms with Gasteiger partial charge < -0.3 is 9.67 Å². The van der Waals surface area contributed by atoms with E-state index in [1.807, 2.05) is 13.1 Å². The van der Waals surface area contributed by atoms with Crippen LogP contribution >= 0.6 is 15.9 Å². The number of hydrogen-bond donors (Lipinski definition) is 1. The molecule has 78 valence electrons. The van der Waals surface area contributed by atoms with Crippen molar-refractivity contribution >= 4 is 15.9 Å². The van der Waals surface area contributed by atoms with Crippen molar-refractivity contribution in [1.29, 1.82) is 0 Å². The van der Waals surface area contributed by atoms with Gasteiger partial charge in [-0.05, 0) is 22.0 Å². The van der Waals surface area contributed by atoms with Gasteiger partial charge in [-0.3, -0.25) is 4.98 Å². The van der Waals surface area contributed by atoms with Crippen LogP contribution in [0.2, 0.25) is 0 Å². The van der Waals surface area contributed by atoms with E-state index in [1.54, 1.807) is 29.4 Å². The van der Waals surface area contributed by atoms with Crippen LogP contribution in [-0.4, -0.2) is 19.6 Å². The Morgan fingerprint density at radius 2 is 2.27 bits per heavy atom. The molecule has 0 saturated heterocycles. The highest BCUT2D eigenvalue weighted by atomic mass is 79.9. The van der Waals surface area contributed by atoms with Crippen LogP contribution in [0.25, 0.3) is 0 Å². The summed E-state index contributed by atoms with van der Waals surface area (Å²) in [4.78, 5) is 8.09. The Labute approximate surface area is 95.7 Å². The summed E-state index contributed by atoms with van der Waals surface area (Å²) in [6.45, 7) is 0. The maximum atomic E-state index is 10.0. The average molecular weight is 268 g/mol. The predicted molar refractivity (Wildman–Crippen MR) is 59.2 cm³/mol. The van der Waals surface area contributed by atoms with E-state index in [9.17, 15) is 5.11 Å². The lowest BCUT2D eigenvalue weighted by Crippen LogP contribution is -2.07. The standard InChI is InChI=1S/C10H10BrN3O/c1-14-3-2-13-10(14)9(15)7-4-8(11)6-12-5-7/h2-6,9,15H,1H3. The summed E-state index contributed by atoms with van der Waals surface area (Å²) in [7, 11) is 1.84. The van der Waals surface area contributed by atoms with Gasteiger partial charge in [-0.1, -0.05) is 0 Å². The maximum Gasteiger partial charge on any atom is 0.142 e. The van der Waals surface area contributed by atoms with Gasteiger partial charge in [0.15, 0.2) is 0 Å². The molecule has 0 bridgehead atoms. The molecular formula is C10H10BrN3O. The molecule has 0 radical (unpaired) electrons. The van der Waals surface area contributed by atoms with E-state index in [4.69, 9.17) is 0 Å². The molecule has 4 nitrogen and oxygen atoms in total. The van der Waals surface area contributed by atoms with Gasteiger partial charge in [-0.25, -0.2) is 4.98 Å². The quantitative estimate of drug-likeness (QED) is 0.901. The molecule has 0 aliphatic heterocycles. The van der Waals surface area contributed by atoms with Crippen molar-refractivity contribution in [3.8, 4) is 0 Å². The van der Waals surface area contributed by atoms with E-state index in [0.717, 1.165) is 10.0 Å². The van der Waals surface area contributed by atoms with Gasteiger partial charge in [0.05, 0.1) is 0 Å². The smallest absolute Gasteiger partial charge is 0.142 e.